The second-order valence-corrected chi connectivity index (χ2v) is 4.55. The molecular formula is C12H19N. The van der Waals surface area contributed by atoms with E-state index in [1.165, 1.54) is 11.3 Å². The first-order valence-corrected chi connectivity index (χ1v) is 4.92. The summed E-state index contributed by atoms with van der Waals surface area (Å²) in [6, 6.07) is 4.31. The smallest absolute Gasteiger partial charge is 0.0441 e. The Balaban J connectivity index is 3.22. The Labute approximate surface area is 81.2 Å². The van der Waals surface area contributed by atoms with Crippen molar-refractivity contribution in [1.29, 1.82) is 0 Å². The minimum Gasteiger partial charge on any atom is -0.258 e. The first-order valence-electron chi connectivity index (χ1n) is 4.92. The number of rotatable bonds is 1. The van der Waals surface area contributed by atoms with Gasteiger partial charge in [0.05, 0.1) is 0 Å². The van der Waals surface area contributed by atoms with Gasteiger partial charge in [-0.25, -0.2) is 0 Å². The Morgan fingerprint density at radius 1 is 1.23 bits per heavy atom. The average molecular weight is 177 g/mol. The second-order valence-electron chi connectivity index (χ2n) is 4.55. The van der Waals surface area contributed by atoms with Crippen molar-refractivity contribution in [3.05, 3.63) is 29.1 Å². The fourth-order valence-electron chi connectivity index (χ4n) is 1.56. The van der Waals surface area contributed by atoms with Gasteiger partial charge in [0.1, 0.15) is 0 Å². The maximum atomic E-state index is 4.56. The molecule has 1 nitrogen and oxygen atoms in total. The van der Waals surface area contributed by atoms with Crippen LogP contribution in [0.5, 0.6) is 0 Å². The summed E-state index contributed by atoms with van der Waals surface area (Å²) in [4.78, 5) is 4.56. The van der Waals surface area contributed by atoms with Crippen LogP contribution in [-0.4, -0.2) is 4.98 Å². The zero-order valence-corrected chi connectivity index (χ0v) is 9.31. The van der Waals surface area contributed by atoms with Gasteiger partial charge in [-0.2, -0.15) is 0 Å². The van der Waals surface area contributed by atoms with Gasteiger partial charge in [-0.05, 0) is 30.4 Å². The Hall–Kier alpha value is -0.850. The van der Waals surface area contributed by atoms with Crippen molar-refractivity contribution >= 4 is 0 Å². The standard InChI is InChI=1S/C12H19N/c1-6-11-10(12(3,4)5)8-7-9(2)13-11/h7-8H,6H2,1-5H3. The van der Waals surface area contributed by atoms with Gasteiger partial charge in [0.15, 0.2) is 0 Å². The topological polar surface area (TPSA) is 12.9 Å². The van der Waals surface area contributed by atoms with Gasteiger partial charge in [0.25, 0.3) is 0 Å². The number of hydrogen-bond donors (Lipinski definition) is 0. The van der Waals surface area contributed by atoms with Gasteiger partial charge >= 0.3 is 0 Å². The summed E-state index contributed by atoms with van der Waals surface area (Å²) in [6.45, 7) is 10.9. The summed E-state index contributed by atoms with van der Waals surface area (Å²) in [5.41, 5.74) is 3.95. The van der Waals surface area contributed by atoms with Crippen molar-refractivity contribution in [3.8, 4) is 0 Å². The zero-order valence-electron chi connectivity index (χ0n) is 9.31. The fraction of sp³-hybridized carbons (Fsp3) is 0.583. The molecule has 1 rings (SSSR count). The lowest BCUT2D eigenvalue weighted by molar-refractivity contribution is 0.578. The van der Waals surface area contributed by atoms with Crippen LogP contribution in [0.15, 0.2) is 12.1 Å². The quantitative estimate of drug-likeness (QED) is 0.641. The van der Waals surface area contributed by atoms with Crippen LogP contribution in [0.1, 0.15) is 44.6 Å². The largest absolute Gasteiger partial charge is 0.258 e. The molecule has 1 aromatic heterocycles. The van der Waals surface area contributed by atoms with Gasteiger partial charge in [0.2, 0.25) is 0 Å². The van der Waals surface area contributed by atoms with Crippen LogP contribution in [0.4, 0.5) is 0 Å². The van der Waals surface area contributed by atoms with Gasteiger partial charge in [0, 0.05) is 11.4 Å². The number of pyridine rings is 1. The molecule has 0 fully saturated rings. The molecule has 1 aromatic rings. The summed E-state index contributed by atoms with van der Waals surface area (Å²) in [5.74, 6) is 0. The van der Waals surface area contributed by atoms with E-state index in [-0.39, 0.29) is 5.41 Å². The predicted octanol–water partition coefficient (Wildman–Crippen LogP) is 3.25. The number of aryl methyl sites for hydroxylation is 2. The molecule has 1 heterocycles. The summed E-state index contributed by atoms with van der Waals surface area (Å²) in [6.07, 6.45) is 1.02. The van der Waals surface area contributed by atoms with E-state index >= 15 is 0 Å². The molecule has 0 saturated carbocycles. The van der Waals surface area contributed by atoms with Crippen molar-refractivity contribution in [2.45, 2.75) is 46.5 Å². The van der Waals surface area contributed by atoms with Crippen LogP contribution in [0.2, 0.25) is 0 Å². The molecule has 0 aliphatic carbocycles. The number of nitrogens with zero attached hydrogens (tertiary/aromatic N) is 1. The van der Waals surface area contributed by atoms with Gasteiger partial charge < -0.3 is 0 Å². The molecule has 0 radical (unpaired) electrons. The first-order chi connectivity index (χ1) is 5.95. The summed E-state index contributed by atoms with van der Waals surface area (Å²) >= 11 is 0. The SMILES string of the molecule is CCc1nc(C)ccc1C(C)(C)C. The van der Waals surface area contributed by atoms with E-state index in [0.717, 1.165) is 12.1 Å². The van der Waals surface area contributed by atoms with Crippen molar-refractivity contribution in [2.75, 3.05) is 0 Å². The molecule has 0 spiro atoms. The lowest BCUT2D eigenvalue weighted by Crippen LogP contribution is -2.15. The molecule has 0 N–H and O–H groups in total. The van der Waals surface area contributed by atoms with Gasteiger partial charge in [-0.15, -0.1) is 0 Å². The van der Waals surface area contributed by atoms with Crippen LogP contribution in [0.25, 0.3) is 0 Å². The molecule has 13 heavy (non-hydrogen) atoms. The van der Waals surface area contributed by atoms with Crippen LogP contribution in [-0.2, 0) is 11.8 Å². The van der Waals surface area contributed by atoms with Gasteiger partial charge in [-0.1, -0.05) is 33.8 Å². The van der Waals surface area contributed by atoms with E-state index in [9.17, 15) is 0 Å². The lowest BCUT2D eigenvalue weighted by atomic mass is 9.85. The molecule has 0 aromatic carbocycles. The van der Waals surface area contributed by atoms with E-state index in [2.05, 4.69) is 44.8 Å². The highest BCUT2D eigenvalue weighted by Crippen LogP contribution is 2.25. The summed E-state index contributed by atoms with van der Waals surface area (Å²) in [5, 5.41) is 0. The van der Waals surface area contributed by atoms with Crippen LogP contribution >= 0.6 is 0 Å². The highest BCUT2D eigenvalue weighted by atomic mass is 14.7. The van der Waals surface area contributed by atoms with Crippen LogP contribution < -0.4 is 0 Å². The Morgan fingerprint density at radius 3 is 2.31 bits per heavy atom. The molecular weight excluding hydrogens is 158 g/mol. The van der Waals surface area contributed by atoms with Crippen molar-refractivity contribution < 1.29 is 0 Å². The molecule has 0 amide bonds. The predicted molar refractivity (Wildman–Crippen MR) is 57.1 cm³/mol. The van der Waals surface area contributed by atoms with E-state index < -0.39 is 0 Å². The third-order valence-electron chi connectivity index (χ3n) is 2.26. The first kappa shape index (κ1) is 10.2. The molecule has 0 bridgehead atoms. The Bertz CT molecular complexity index is 294. The average Bonchev–Trinajstić information content (AvgIpc) is 2.01. The molecule has 72 valence electrons. The van der Waals surface area contributed by atoms with E-state index in [1.807, 2.05) is 6.92 Å². The third-order valence-corrected chi connectivity index (χ3v) is 2.26. The van der Waals surface area contributed by atoms with E-state index in [4.69, 9.17) is 0 Å². The summed E-state index contributed by atoms with van der Waals surface area (Å²) in [7, 11) is 0. The molecule has 0 aliphatic heterocycles. The minimum atomic E-state index is 0.214. The number of hydrogen-bond acceptors (Lipinski definition) is 1. The van der Waals surface area contributed by atoms with Crippen molar-refractivity contribution in [3.63, 3.8) is 0 Å². The highest BCUT2D eigenvalue weighted by Gasteiger charge is 2.17. The molecule has 1 heteroatoms. The van der Waals surface area contributed by atoms with E-state index in [0.29, 0.717) is 0 Å². The Kier molecular flexibility index (Phi) is 2.74. The van der Waals surface area contributed by atoms with E-state index in [1.54, 1.807) is 0 Å². The minimum absolute atomic E-state index is 0.214. The maximum absolute atomic E-state index is 4.56. The molecule has 0 aliphatic rings. The zero-order chi connectivity index (χ0) is 10.1. The van der Waals surface area contributed by atoms with Crippen LogP contribution in [0, 0.1) is 6.92 Å². The van der Waals surface area contributed by atoms with Crippen LogP contribution in [0.3, 0.4) is 0 Å². The molecule has 0 atom stereocenters. The lowest BCUT2D eigenvalue weighted by Gasteiger charge is -2.21. The molecule has 0 unspecified atom stereocenters. The molecule has 0 saturated heterocycles. The number of aromatic nitrogens is 1. The van der Waals surface area contributed by atoms with Gasteiger partial charge in [-0.3, -0.25) is 4.98 Å². The maximum Gasteiger partial charge on any atom is 0.0441 e. The monoisotopic (exact) mass is 177 g/mol. The van der Waals surface area contributed by atoms with Crippen molar-refractivity contribution in [1.82, 2.24) is 4.98 Å². The second kappa shape index (κ2) is 3.49. The highest BCUT2D eigenvalue weighted by molar-refractivity contribution is 5.29. The Morgan fingerprint density at radius 2 is 1.85 bits per heavy atom. The fourth-order valence-corrected chi connectivity index (χ4v) is 1.56. The van der Waals surface area contributed by atoms with Crippen molar-refractivity contribution in [2.24, 2.45) is 0 Å². The third kappa shape index (κ3) is 2.30. The normalized spacial score (nSPS) is 11.8. The summed E-state index contributed by atoms with van der Waals surface area (Å²) < 4.78 is 0.